The minimum atomic E-state index is -1.26. The van der Waals surface area contributed by atoms with Crippen LogP contribution in [-0.4, -0.2) is 36.7 Å². The van der Waals surface area contributed by atoms with Crippen molar-refractivity contribution >= 4 is 33.5 Å². The van der Waals surface area contributed by atoms with Gasteiger partial charge in [-0.1, -0.05) is 6.07 Å². The number of thiophene rings is 1. The average molecular weight is 345 g/mol. The van der Waals surface area contributed by atoms with Crippen LogP contribution in [0.3, 0.4) is 0 Å². The normalized spacial score (nSPS) is 12.2. The smallest absolute Gasteiger partial charge is 0.337 e. The number of carboxylic acid groups (broad SMARTS) is 2. The average Bonchev–Trinajstić information content (AvgIpc) is 2.99. The Morgan fingerprint density at radius 3 is 2.62 bits per heavy atom. The summed E-state index contributed by atoms with van der Waals surface area (Å²) in [7, 11) is 0. The van der Waals surface area contributed by atoms with Crippen molar-refractivity contribution in [1.82, 2.24) is 14.5 Å². The molecule has 3 heterocycles. The Balaban J connectivity index is 2.44. The first kappa shape index (κ1) is 15.8. The number of aromatic carboxylic acids is 1. The van der Waals surface area contributed by atoms with Gasteiger partial charge in [0.2, 0.25) is 0 Å². The highest BCUT2D eigenvalue weighted by Crippen LogP contribution is 2.26. The second-order valence-corrected chi connectivity index (χ2v) is 5.83. The third kappa shape index (κ3) is 2.44. The van der Waals surface area contributed by atoms with E-state index < -0.39 is 23.5 Å². The zero-order valence-electron chi connectivity index (χ0n) is 12.3. The minimum absolute atomic E-state index is 0.0850. The van der Waals surface area contributed by atoms with Crippen molar-refractivity contribution in [3.8, 4) is 11.5 Å². The van der Waals surface area contributed by atoms with E-state index in [1.807, 2.05) is 0 Å². The first-order valence-electron chi connectivity index (χ1n) is 6.83. The van der Waals surface area contributed by atoms with Gasteiger partial charge < -0.3 is 10.2 Å². The second-order valence-electron chi connectivity index (χ2n) is 4.97. The van der Waals surface area contributed by atoms with Gasteiger partial charge in [0.25, 0.3) is 5.56 Å². The number of rotatable bonds is 4. The fourth-order valence-electron chi connectivity index (χ4n) is 2.31. The largest absolute Gasteiger partial charge is 0.480 e. The lowest BCUT2D eigenvalue weighted by molar-refractivity contribution is -0.140. The molecule has 1 atom stereocenters. The summed E-state index contributed by atoms with van der Waals surface area (Å²) in [5, 5.41) is 19.8. The van der Waals surface area contributed by atoms with E-state index in [-0.39, 0.29) is 21.6 Å². The molecular formula is C15H11N3O5S. The molecular weight excluding hydrogens is 334 g/mol. The summed E-state index contributed by atoms with van der Waals surface area (Å²) in [6, 6.07) is 3.74. The van der Waals surface area contributed by atoms with Crippen LogP contribution in [0.4, 0.5) is 0 Å². The zero-order chi connectivity index (χ0) is 17.4. The van der Waals surface area contributed by atoms with E-state index in [4.69, 9.17) is 0 Å². The van der Waals surface area contributed by atoms with Crippen molar-refractivity contribution < 1.29 is 19.8 Å². The van der Waals surface area contributed by atoms with Gasteiger partial charge in [0.15, 0.2) is 5.82 Å². The second kappa shape index (κ2) is 5.85. The number of carbonyl (C=O) groups is 2. The van der Waals surface area contributed by atoms with Crippen LogP contribution in [0.25, 0.3) is 21.7 Å². The molecule has 0 radical (unpaired) electrons. The van der Waals surface area contributed by atoms with Crippen molar-refractivity contribution in [2.45, 2.75) is 13.0 Å². The molecule has 0 aromatic carbocycles. The lowest BCUT2D eigenvalue weighted by Gasteiger charge is -2.15. The molecule has 8 nitrogen and oxygen atoms in total. The van der Waals surface area contributed by atoms with Gasteiger partial charge in [-0.3, -0.25) is 14.3 Å². The van der Waals surface area contributed by atoms with Crippen molar-refractivity contribution in [1.29, 1.82) is 0 Å². The SMILES string of the molecule is CC(C(=O)O)n1c(-c2ccccn2)nc2scc(C(=O)O)c2c1=O. The number of aliphatic carboxylic acids is 1. The fraction of sp³-hybridized carbons (Fsp3) is 0.133. The molecule has 0 spiro atoms. The van der Waals surface area contributed by atoms with Gasteiger partial charge in [0.05, 0.1) is 10.9 Å². The van der Waals surface area contributed by atoms with Crippen LogP contribution >= 0.6 is 11.3 Å². The van der Waals surface area contributed by atoms with Crippen LogP contribution in [0.2, 0.25) is 0 Å². The molecule has 2 N–H and O–H groups in total. The summed E-state index contributed by atoms with van der Waals surface area (Å²) >= 11 is 1.01. The van der Waals surface area contributed by atoms with Crippen LogP contribution in [0.5, 0.6) is 0 Å². The van der Waals surface area contributed by atoms with Crippen LogP contribution < -0.4 is 5.56 Å². The van der Waals surface area contributed by atoms with Gasteiger partial charge >= 0.3 is 11.9 Å². The minimum Gasteiger partial charge on any atom is -0.480 e. The predicted octanol–water partition coefficient (Wildman–Crippen LogP) is 1.86. The Bertz CT molecular complexity index is 1010. The van der Waals surface area contributed by atoms with Gasteiger partial charge in [0, 0.05) is 11.6 Å². The molecule has 0 amide bonds. The third-order valence-electron chi connectivity index (χ3n) is 3.51. The molecule has 0 saturated heterocycles. The Hall–Kier alpha value is -3.07. The van der Waals surface area contributed by atoms with E-state index in [0.717, 1.165) is 15.9 Å². The lowest BCUT2D eigenvalue weighted by Crippen LogP contribution is -2.31. The Morgan fingerprint density at radius 2 is 2.04 bits per heavy atom. The molecule has 0 aliphatic carbocycles. The highest BCUT2D eigenvalue weighted by molar-refractivity contribution is 7.17. The molecule has 3 rings (SSSR count). The maximum atomic E-state index is 12.8. The van der Waals surface area contributed by atoms with Gasteiger partial charge in [-0.15, -0.1) is 11.3 Å². The number of nitrogens with zero attached hydrogens (tertiary/aromatic N) is 3. The summed E-state index contributed by atoms with van der Waals surface area (Å²) in [6.07, 6.45) is 1.50. The lowest BCUT2D eigenvalue weighted by atomic mass is 10.2. The Kier molecular flexibility index (Phi) is 3.86. The quantitative estimate of drug-likeness (QED) is 0.740. The van der Waals surface area contributed by atoms with E-state index in [0.29, 0.717) is 5.69 Å². The third-order valence-corrected chi connectivity index (χ3v) is 4.38. The Morgan fingerprint density at radius 1 is 1.29 bits per heavy atom. The molecule has 0 aliphatic heterocycles. The van der Waals surface area contributed by atoms with E-state index in [1.165, 1.54) is 18.5 Å². The summed E-state index contributed by atoms with van der Waals surface area (Å²) in [4.78, 5) is 44.2. The monoisotopic (exact) mass is 345 g/mol. The van der Waals surface area contributed by atoms with E-state index in [1.54, 1.807) is 18.2 Å². The molecule has 0 aliphatic rings. The molecule has 0 bridgehead atoms. The first-order chi connectivity index (χ1) is 11.4. The van der Waals surface area contributed by atoms with Gasteiger partial charge in [-0.2, -0.15) is 0 Å². The molecule has 122 valence electrons. The van der Waals surface area contributed by atoms with Crippen LogP contribution in [0.1, 0.15) is 23.3 Å². The number of hydrogen-bond donors (Lipinski definition) is 2. The molecule has 1 unspecified atom stereocenters. The Labute approximate surface area is 138 Å². The maximum absolute atomic E-state index is 12.8. The number of aromatic nitrogens is 3. The van der Waals surface area contributed by atoms with Crippen molar-refractivity contribution in [2.24, 2.45) is 0 Å². The number of carboxylic acids is 2. The number of hydrogen-bond acceptors (Lipinski definition) is 6. The molecule has 0 saturated carbocycles. The summed E-state index contributed by atoms with van der Waals surface area (Å²) in [5.41, 5.74) is -0.574. The fourth-order valence-corrected chi connectivity index (χ4v) is 3.21. The highest BCUT2D eigenvalue weighted by Gasteiger charge is 2.25. The van der Waals surface area contributed by atoms with Crippen LogP contribution in [0.15, 0.2) is 34.6 Å². The number of fused-ring (bicyclic) bond motifs is 1. The zero-order valence-corrected chi connectivity index (χ0v) is 13.1. The molecule has 24 heavy (non-hydrogen) atoms. The van der Waals surface area contributed by atoms with E-state index >= 15 is 0 Å². The predicted molar refractivity (Wildman–Crippen MR) is 86.4 cm³/mol. The van der Waals surface area contributed by atoms with Gasteiger partial charge in [0.1, 0.15) is 16.6 Å². The van der Waals surface area contributed by atoms with Crippen LogP contribution in [-0.2, 0) is 4.79 Å². The van der Waals surface area contributed by atoms with Crippen molar-refractivity contribution in [3.05, 3.63) is 45.7 Å². The molecule has 0 fully saturated rings. The standard InChI is InChI=1S/C15H11N3O5S/c1-7(14(20)21)18-11(9-4-2-3-5-16-9)17-12-10(13(18)19)8(6-24-12)15(22)23/h2-7H,1H3,(H,20,21)(H,22,23). The molecule has 3 aromatic rings. The van der Waals surface area contributed by atoms with E-state index in [9.17, 15) is 24.6 Å². The molecule has 9 heteroatoms. The summed E-state index contributed by atoms with van der Waals surface area (Å²) in [5.74, 6) is -2.41. The topological polar surface area (TPSA) is 122 Å². The summed E-state index contributed by atoms with van der Waals surface area (Å²) in [6.45, 7) is 1.33. The molecule has 3 aromatic heterocycles. The highest BCUT2D eigenvalue weighted by atomic mass is 32.1. The van der Waals surface area contributed by atoms with Gasteiger partial charge in [-0.25, -0.2) is 14.6 Å². The maximum Gasteiger partial charge on any atom is 0.337 e. The summed E-state index contributed by atoms with van der Waals surface area (Å²) < 4.78 is 0.964. The van der Waals surface area contributed by atoms with Crippen molar-refractivity contribution in [2.75, 3.05) is 0 Å². The van der Waals surface area contributed by atoms with E-state index in [2.05, 4.69) is 9.97 Å². The first-order valence-corrected chi connectivity index (χ1v) is 7.71. The van der Waals surface area contributed by atoms with Crippen LogP contribution in [0, 0.1) is 0 Å². The number of pyridine rings is 1. The van der Waals surface area contributed by atoms with Crippen molar-refractivity contribution in [3.63, 3.8) is 0 Å². The van der Waals surface area contributed by atoms with Gasteiger partial charge in [-0.05, 0) is 19.1 Å².